The van der Waals surface area contributed by atoms with E-state index in [1.165, 1.54) is 12.8 Å². The molecule has 1 saturated carbocycles. The first-order valence-electron chi connectivity index (χ1n) is 6.10. The second-order valence-electron chi connectivity index (χ2n) is 5.02. The largest absolute Gasteiger partial charge is 0.383 e. The molecule has 2 aliphatic carbocycles. The zero-order chi connectivity index (χ0) is 11.8. The number of anilines is 1. The van der Waals surface area contributed by atoms with Gasteiger partial charge in [0, 0.05) is 6.54 Å². The highest BCUT2D eigenvalue weighted by molar-refractivity contribution is 6.43. The van der Waals surface area contributed by atoms with Crippen LogP contribution in [-0.2, 0) is 0 Å². The first kappa shape index (κ1) is 11.4. The van der Waals surface area contributed by atoms with Gasteiger partial charge in [0.2, 0.25) is 0 Å². The minimum atomic E-state index is 0.615. The maximum Gasteiger partial charge on any atom is 0.0823 e. The van der Waals surface area contributed by atoms with E-state index in [9.17, 15) is 0 Å². The van der Waals surface area contributed by atoms with Gasteiger partial charge in [-0.1, -0.05) is 41.4 Å². The third kappa shape index (κ3) is 2.19. The van der Waals surface area contributed by atoms with E-state index >= 15 is 0 Å². The van der Waals surface area contributed by atoms with Gasteiger partial charge in [-0.15, -0.1) is 0 Å². The summed E-state index contributed by atoms with van der Waals surface area (Å²) in [5, 5.41) is 4.68. The number of hydrogen-bond donors (Lipinski definition) is 1. The van der Waals surface area contributed by atoms with Crippen molar-refractivity contribution in [2.45, 2.75) is 12.8 Å². The Morgan fingerprint density at radius 2 is 2.06 bits per heavy atom. The molecule has 1 aromatic rings. The van der Waals surface area contributed by atoms with Gasteiger partial charge in [-0.05, 0) is 42.7 Å². The summed E-state index contributed by atoms with van der Waals surface area (Å²) in [5.74, 6) is 2.34. The summed E-state index contributed by atoms with van der Waals surface area (Å²) >= 11 is 12.1. The quantitative estimate of drug-likeness (QED) is 0.789. The van der Waals surface area contributed by atoms with E-state index in [4.69, 9.17) is 23.2 Å². The predicted molar refractivity (Wildman–Crippen MR) is 73.8 cm³/mol. The summed E-state index contributed by atoms with van der Waals surface area (Å²) in [4.78, 5) is 0. The molecule has 17 heavy (non-hydrogen) atoms. The third-order valence-corrected chi connectivity index (χ3v) is 4.74. The Morgan fingerprint density at radius 3 is 2.76 bits per heavy atom. The highest BCUT2D eigenvalue weighted by Crippen LogP contribution is 2.43. The van der Waals surface area contributed by atoms with Gasteiger partial charge in [-0.25, -0.2) is 0 Å². The van der Waals surface area contributed by atoms with Gasteiger partial charge < -0.3 is 5.32 Å². The van der Waals surface area contributed by atoms with Crippen LogP contribution in [0.4, 0.5) is 5.69 Å². The molecule has 0 aliphatic heterocycles. The van der Waals surface area contributed by atoms with Crippen LogP contribution in [-0.4, -0.2) is 6.54 Å². The Labute approximate surface area is 112 Å². The maximum atomic E-state index is 6.15. The Bertz CT molecular complexity index is 456. The van der Waals surface area contributed by atoms with Crippen molar-refractivity contribution in [1.29, 1.82) is 0 Å². The molecular weight excluding hydrogens is 253 g/mol. The first-order valence-corrected chi connectivity index (χ1v) is 6.86. The number of benzene rings is 1. The zero-order valence-corrected chi connectivity index (χ0v) is 11.0. The molecule has 1 nitrogen and oxygen atoms in total. The molecule has 2 bridgehead atoms. The average molecular weight is 268 g/mol. The first-order chi connectivity index (χ1) is 8.24. The number of halogens is 2. The van der Waals surface area contributed by atoms with Crippen LogP contribution in [0.25, 0.3) is 0 Å². The molecular formula is C14H15Cl2N. The molecule has 2 aliphatic rings. The van der Waals surface area contributed by atoms with E-state index < -0.39 is 0 Å². The van der Waals surface area contributed by atoms with Crippen LogP contribution < -0.4 is 5.32 Å². The molecule has 3 atom stereocenters. The lowest BCUT2D eigenvalue weighted by Gasteiger charge is -2.19. The van der Waals surface area contributed by atoms with E-state index in [0.29, 0.717) is 10.0 Å². The Hall–Kier alpha value is -0.660. The van der Waals surface area contributed by atoms with Crippen molar-refractivity contribution in [1.82, 2.24) is 0 Å². The lowest BCUT2D eigenvalue weighted by atomic mass is 9.93. The fourth-order valence-electron chi connectivity index (χ4n) is 3.01. The maximum absolute atomic E-state index is 6.15. The van der Waals surface area contributed by atoms with Crippen molar-refractivity contribution in [3.05, 3.63) is 40.4 Å². The molecule has 0 spiro atoms. The Morgan fingerprint density at radius 1 is 1.18 bits per heavy atom. The fraction of sp³-hybridized carbons (Fsp3) is 0.429. The van der Waals surface area contributed by atoms with Crippen LogP contribution in [0.15, 0.2) is 30.4 Å². The van der Waals surface area contributed by atoms with Gasteiger partial charge in [-0.2, -0.15) is 0 Å². The van der Waals surface area contributed by atoms with Gasteiger partial charge in [-0.3, -0.25) is 0 Å². The smallest absolute Gasteiger partial charge is 0.0823 e. The molecule has 3 rings (SSSR count). The van der Waals surface area contributed by atoms with E-state index in [-0.39, 0.29) is 0 Å². The Balaban J connectivity index is 1.65. The van der Waals surface area contributed by atoms with E-state index in [0.717, 1.165) is 30.0 Å². The fourth-order valence-corrected chi connectivity index (χ4v) is 3.38. The molecule has 0 heterocycles. The van der Waals surface area contributed by atoms with Gasteiger partial charge >= 0.3 is 0 Å². The zero-order valence-electron chi connectivity index (χ0n) is 9.50. The topological polar surface area (TPSA) is 12.0 Å². The standard InChI is InChI=1S/C14H15Cl2N/c15-12-2-1-3-13(14(12)16)17-8-11-7-9-4-5-10(11)6-9/h1-5,9-11,17H,6-8H2. The second kappa shape index (κ2) is 4.55. The summed E-state index contributed by atoms with van der Waals surface area (Å²) in [5.41, 5.74) is 0.950. The number of rotatable bonds is 3. The lowest BCUT2D eigenvalue weighted by Crippen LogP contribution is -2.18. The van der Waals surface area contributed by atoms with Gasteiger partial charge in [0.1, 0.15) is 0 Å². The van der Waals surface area contributed by atoms with Crippen LogP contribution >= 0.6 is 23.2 Å². The van der Waals surface area contributed by atoms with Gasteiger partial charge in [0.05, 0.1) is 15.7 Å². The van der Waals surface area contributed by atoms with E-state index in [1.54, 1.807) is 0 Å². The number of allylic oxidation sites excluding steroid dienone is 2. The summed E-state index contributed by atoms with van der Waals surface area (Å²) < 4.78 is 0. The molecule has 1 aromatic carbocycles. The summed E-state index contributed by atoms with van der Waals surface area (Å²) in [6.45, 7) is 0.992. The van der Waals surface area contributed by atoms with Gasteiger partial charge in [0.15, 0.2) is 0 Å². The minimum Gasteiger partial charge on any atom is -0.383 e. The van der Waals surface area contributed by atoms with Crippen molar-refractivity contribution in [3.8, 4) is 0 Å². The summed E-state index contributed by atoms with van der Waals surface area (Å²) in [6, 6.07) is 5.73. The third-order valence-electron chi connectivity index (χ3n) is 3.92. The summed E-state index contributed by atoms with van der Waals surface area (Å²) in [6.07, 6.45) is 7.40. The highest BCUT2D eigenvalue weighted by atomic mass is 35.5. The van der Waals surface area contributed by atoms with E-state index in [1.807, 2.05) is 18.2 Å². The van der Waals surface area contributed by atoms with Gasteiger partial charge in [0.25, 0.3) is 0 Å². The van der Waals surface area contributed by atoms with Crippen molar-refractivity contribution in [3.63, 3.8) is 0 Å². The molecule has 3 unspecified atom stereocenters. The molecule has 0 radical (unpaired) electrons. The lowest BCUT2D eigenvalue weighted by molar-refractivity contribution is 0.472. The second-order valence-corrected chi connectivity index (χ2v) is 5.81. The van der Waals surface area contributed by atoms with Crippen molar-refractivity contribution < 1.29 is 0 Å². The Kier molecular flexibility index (Phi) is 3.06. The van der Waals surface area contributed by atoms with Crippen LogP contribution in [0.2, 0.25) is 10.0 Å². The van der Waals surface area contributed by atoms with Crippen molar-refractivity contribution in [2.75, 3.05) is 11.9 Å². The monoisotopic (exact) mass is 267 g/mol. The van der Waals surface area contributed by atoms with Crippen LogP contribution in [0.1, 0.15) is 12.8 Å². The average Bonchev–Trinajstić information content (AvgIpc) is 2.93. The SMILES string of the molecule is Clc1cccc(NCC2CC3C=CC2C3)c1Cl. The van der Waals surface area contributed by atoms with Crippen LogP contribution in [0, 0.1) is 17.8 Å². The number of fused-ring (bicyclic) bond motifs is 2. The molecule has 0 amide bonds. The summed E-state index contributed by atoms with van der Waals surface area (Å²) in [7, 11) is 0. The van der Waals surface area contributed by atoms with E-state index in [2.05, 4.69) is 17.5 Å². The number of nitrogens with one attached hydrogen (secondary N) is 1. The number of hydrogen-bond acceptors (Lipinski definition) is 1. The highest BCUT2D eigenvalue weighted by Gasteiger charge is 2.35. The molecule has 1 fully saturated rings. The molecule has 1 N–H and O–H groups in total. The predicted octanol–water partition coefficient (Wildman–Crippen LogP) is 4.62. The molecule has 0 saturated heterocycles. The molecule has 0 aromatic heterocycles. The van der Waals surface area contributed by atoms with Crippen LogP contribution in [0.5, 0.6) is 0 Å². The molecule has 90 valence electrons. The van der Waals surface area contributed by atoms with Crippen molar-refractivity contribution >= 4 is 28.9 Å². The van der Waals surface area contributed by atoms with Crippen molar-refractivity contribution in [2.24, 2.45) is 17.8 Å². The van der Waals surface area contributed by atoms with Crippen LogP contribution in [0.3, 0.4) is 0 Å². The molecule has 3 heteroatoms. The minimum absolute atomic E-state index is 0.615. The normalized spacial score (nSPS) is 29.9.